The van der Waals surface area contributed by atoms with Crippen molar-refractivity contribution in [3.05, 3.63) is 12.4 Å². The van der Waals surface area contributed by atoms with E-state index in [0.717, 1.165) is 0 Å². The summed E-state index contributed by atoms with van der Waals surface area (Å²) in [6, 6.07) is 0. The van der Waals surface area contributed by atoms with Crippen molar-refractivity contribution in [2.24, 2.45) is 0 Å². The van der Waals surface area contributed by atoms with E-state index < -0.39 is 10.0 Å². The summed E-state index contributed by atoms with van der Waals surface area (Å²) in [6.45, 7) is 4.61. The predicted octanol–water partition coefficient (Wildman–Crippen LogP) is -0.327. The van der Waals surface area contributed by atoms with Gasteiger partial charge in [-0.1, -0.05) is 0 Å². The number of hydrogen-bond donors (Lipinski definition) is 1. The van der Waals surface area contributed by atoms with Gasteiger partial charge in [-0.2, -0.15) is 9.40 Å². The number of aromatic nitrogens is 2. The second-order valence-electron chi connectivity index (χ2n) is 4.74. The third-order valence-corrected chi connectivity index (χ3v) is 4.75. The van der Waals surface area contributed by atoms with Gasteiger partial charge in [-0.25, -0.2) is 8.42 Å². The lowest BCUT2D eigenvalue weighted by molar-refractivity contribution is -0.0440. The van der Waals surface area contributed by atoms with E-state index in [9.17, 15) is 8.42 Å². The van der Waals surface area contributed by atoms with Gasteiger partial charge in [0.25, 0.3) is 0 Å². The second-order valence-corrected chi connectivity index (χ2v) is 6.68. The van der Waals surface area contributed by atoms with Crippen LogP contribution in [-0.4, -0.2) is 59.5 Å². The molecule has 1 aliphatic heterocycles. The van der Waals surface area contributed by atoms with Gasteiger partial charge in [0.05, 0.1) is 31.6 Å². The van der Waals surface area contributed by atoms with E-state index in [4.69, 9.17) is 9.84 Å². The molecule has 7 nitrogen and oxygen atoms in total. The number of rotatable bonds is 4. The molecule has 0 amide bonds. The zero-order valence-electron chi connectivity index (χ0n) is 11.1. The summed E-state index contributed by atoms with van der Waals surface area (Å²) in [5, 5.41) is 12.7. The summed E-state index contributed by atoms with van der Waals surface area (Å²) in [5.41, 5.74) is 0. The molecule has 1 aromatic rings. The topological polar surface area (TPSA) is 84.7 Å². The Balaban J connectivity index is 2.20. The number of sulfonamides is 1. The average molecular weight is 289 g/mol. The van der Waals surface area contributed by atoms with Crippen LogP contribution >= 0.6 is 0 Å². The molecule has 1 aliphatic rings. The van der Waals surface area contributed by atoms with E-state index >= 15 is 0 Å². The van der Waals surface area contributed by atoms with Gasteiger partial charge < -0.3 is 9.84 Å². The quantitative estimate of drug-likeness (QED) is 0.820. The first-order chi connectivity index (χ1) is 8.93. The number of nitrogens with zero attached hydrogens (tertiary/aromatic N) is 3. The Morgan fingerprint density at radius 2 is 2.05 bits per heavy atom. The van der Waals surface area contributed by atoms with Gasteiger partial charge in [0, 0.05) is 19.3 Å². The van der Waals surface area contributed by atoms with Gasteiger partial charge in [0.2, 0.25) is 10.0 Å². The van der Waals surface area contributed by atoms with Crippen LogP contribution in [0.3, 0.4) is 0 Å². The lowest BCUT2D eigenvalue weighted by Gasteiger charge is -2.34. The van der Waals surface area contributed by atoms with Gasteiger partial charge in [0.15, 0.2) is 0 Å². The highest BCUT2D eigenvalue weighted by molar-refractivity contribution is 7.89. The van der Waals surface area contributed by atoms with Crippen molar-refractivity contribution in [1.29, 1.82) is 0 Å². The Morgan fingerprint density at radius 3 is 2.63 bits per heavy atom. The number of ether oxygens (including phenoxy) is 1. The number of aliphatic hydroxyl groups excluding tert-OH is 1. The molecule has 0 saturated carbocycles. The zero-order valence-corrected chi connectivity index (χ0v) is 11.9. The minimum atomic E-state index is -3.54. The summed E-state index contributed by atoms with van der Waals surface area (Å²) in [7, 11) is -3.54. The normalized spacial score (nSPS) is 25.6. The molecule has 0 spiro atoms. The third kappa shape index (κ3) is 3.14. The van der Waals surface area contributed by atoms with E-state index in [1.165, 1.54) is 21.4 Å². The van der Waals surface area contributed by atoms with Crippen molar-refractivity contribution < 1.29 is 18.3 Å². The van der Waals surface area contributed by atoms with Gasteiger partial charge >= 0.3 is 0 Å². The van der Waals surface area contributed by atoms with Crippen LogP contribution < -0.4 is 0 Å². The highest BCUT2D eigenvalue weighted by atomic mass is 32.2. The lowest BCUT2D eigenvalue weighted by atomic mass is 10.3. The summed E-state index contributed by atoms with van der Waals surface area (Å²) in [5.74, 6) is 0. The van der Waals surface area contributed by atoms with E-state index in [1.54, 1.807) is 0 Å². The second kappa shape index (κ2) is 5.58. The molecule has 8 heteroatoms. The van der Waals surface area contributed by atoms with E-state index in [2.05, 4.69) is 5.10 Å². The molecule has 19 heavy (non-hydrogen) atoms. The highest BCUT2D eigenvalue weighted by Crippen LogP contribution is 2.20. The van der Waals surface area contributed by atoms with Crippen molar-refractivity contribution in [2.75, 3.05) is 19.7 Å². The maximum absolute atomic E-state index is 12.5. The summed E-state index contributed by atoms with van der Waals surface area (Å²) in [6.07, 6.45) is 2.52. The first-order valence-electron chi connectivity index (χ1n) is 6.22. The van der Waals surface area contributed by atoms with Gasteiger partial charge in [0.1, 0.15) is 4.90 Å². The van der Waals surface area contributed by atoms with Gasteiger partial charge in [-0.3, -0.25) is 4.68 Å². The molecule has 0 aromatic carbocycles. The SMILES string of the molecule is CC1CN(S(=O)(=O)c2cnn(CCO)c2)CC(C)O1. The molecule has 1 saturated heterocycles. The van der Waals surface area contributed by atoms with E-state index in [1.807, 2.05) is 13.8 Å². The van der Waals surface area contributed by atoms with E-state index in [-0.39, 0.29) is 30.3 Å². The van der Waals surface area contributed by atoms with Gasteiger partial charge in [-0.05, 0) is 13.8 Å². The van der Waals surface area contributed by atoms with Crippen molar-refractivity contribution in [2.45, 2.75) is 37.5 Å². The zero-order chi connectivity index (χ0) is 14.0. The largest absolute Gasteiger partial charge is 0.394 e. The van der Waals surface area contributed by atoms with E-state index in [0.29, 0.717) is 13.1 Å². The number of morpholine rings is 1. The Hall–Kier alpha value is -0.960. The molecular formula is C11H19N3O4S. The minimum Gasteiger partial charge on any atom is -0.394 e. The maximum atomic E-state index is 12.5. The van der Waals surface area contributed by atoms with Crippen LogP contribution in [0.5, 0.6) is 0 Å². The molecule has 2 heterocycles. The molecule has 1 fully saturated rings. The van der Waals surface area contributed by atoms with Crippen molar-refractivity contribution >= 4 is 10.0 Å². The summed E-state index contributed by atoms with van der Waals surface area (Å²) < 4.78 is 33.3. The first kappa shape index (κ1) is 14.4. The predicted molar refractivity (Wildman–Crippen MR) is 68.1 cm³/mol. The maximum Gasteiger partial charge on any atom is 0.246 e. The molecule has 0 aliphatic carbocycles. The van der Waals surface area contributed by atoms with Crippen LogP contribution in [0.4, 0.5) is 0 Å². The van der Waals surface area contributed by atoms with Crippen molar-refractivity contribution in [3.63, 3.8) is 0 Å². The number of hydrogen-bond acceptors (Lipinski definition) is 5. The van der Waals surface area contributed by atoms with Crippen LogP contribution in [-0.2, 0) is 21.3 Å². The Morgan fingerprint density at radius 1 is 1.42 bits per heavy atom. The minimum absolute atomic E-state index is 0.0766. The fourth-order valence-electron chi connectivity index (χ4n) is 2.18. The molecule has 0 bridgehead atoms. The first-order valence-corrected chi connectivity index (χ1v) is 7.66. The molecule has 1 aromatic heterocycles. The monoisotopic (exact) mass is 289 g/mol. The fraction of sp³-hybridized carbons (Fsp3) is 0.727. The summed E-state index contributed by atoms with van der Waals surface area (Å²) >= 11 is 0. The molecule has 0 radical (unpaired) electrons. The standard InChI is InChI=1S/C11H19N3O4S/c1-9-6-14(7-10(2)18-9)19(16,17)11-5-12-13(8-11)3-4-15/h5,8-10,15H,3-4,6-7H2,1-2H3. The smallest absolute Gasteiger partial charge is 0.246 e. The molecule has 1 N–H and O–H groups in total. The van der Waals surface area contributed by atoms with Crippen LogP contribution in [0.15, 0.2) is 17.3 Å². The molecule has 2 rings (SSSR count). The van der Waals surface area contributed by atoms with Crippen LogP contribution in [0.25, 0.3) is 0 Å². The van der Waals surface area contributed by atoms with Crippen LogP contribution in [0.2, 0.25) is 0 Å². The summed E-state index contributed by atoms with van der Waals surface area (Å²) in [4.78, 5) is 0.155. The number of aliphatic hydroxyl groups is 1. The average Bonchev–Trinajstić information content (AvgIpc) is 2.77. The van der Waals surface area contributed by atoms with Crippen molar-refractivity contribution in [1.82, 2.24) is 14.1 Å². The Bertz CT molecular complexity index is 518. The third-order valence-electron chi connectivity index (χ3n) is 2.96. The Labute approximate surface area is 112 Å². The van der Waals surface area contributed by atoms with Crippen molar-refractivity contribution in [3.8, 4) is 0 Å². The van der Waals surface area contributed by atoms with Gasteiger partial charge in [-0.15, -0.1) is 0 Å². The molecule has 108 valence electrons. The lowest BCUT2D eigenvalue weighted by Crippen LogP contribution is -2.48. The van der Waals surface area contributed by atoms with Crippen LogP contribution in [0.1, 0.15) is 13.8 Å². The fourth-order valence-corrected chi connectivity index (χ4v) is 3.72. The molecular weight excluding hydrogens is 270 g/mol. The highest BCUT2D eigenvalue weighted by Gasteiger charge is 2.32. The Kier molecular flexibility index (Phi) is 4.24. The molecule has 2 atom stereocenters. The molecule has 2 unspecified atom stereocenters. The van der Waals surface area contributed by atoms with Crippen LogP contribution in [0, 0.1) is 0 Å².